The molecule has 0 radical (unpaired) electrons. The van der Waals surface area contributed by atoms with Crippen molar-refractivity contribution in [3.8, 4) is 5.69 Å². The van der Waals surface area contributed by atoms with E-state index in [1.807, 2.05) is 18.2 Å². The molecule has 0 bridgehead atoms. The third-order valence-electron chi connectivity index (χ3n) is 2.28. The molecule has 1 aromatic carbocycles. The number of hydrogen-bond donors (Lipinski definition) is 1. The number of carbonyl (C=O) groups is 1. The van der Waals surface area contributed by atoms with Crippen molar-refractivity contribution < 1.29 is 9.53 Å². The predicted octanol–water partition coefficient (Wildman–Crippen LogP) is 1.63. The van der Waals surface area contributed by atoms with Crippen molar-refractivity contribution in [1.29, 1.82) is 0 Å². The molecule has 2 N–H and O–H groups in total. The Morgan fingerprint density at radius 3 is 2.94 bits per heavy atom. The van der Waals surface area contributed by atoms with Crippen LogP contribution in [0.3, 0.4) is 0 Å². The Morgan fingerprint density at radius 2 is 2.24 bits per heavy atom. The molecule has 2 aromatic rings. The summed E-state index contributed by atoms with van der Waals surface area (Å²) in [5, 5.41) is 0. The summed E-state index contributed by atoms with van der Waals surface area (Å²) in [5.41, 5.74) is 7.52. The standard InChI is InChI=1S/C12H13N3O2/c1-2-17-12(16)10-7-15(8-14-10)11-6-4-3-5-9(11)13/h3-8H,2,13H2,1H3. The first-order valence-electron chi connectivity index (χ1n) is 5.28. The molecule has 0 saturated carbocycles. The van der Waals surface area contributed by atoms with Gasteiger partial charge >= 0.3 is 5.97 Å². The lowest BCUT2D eigenvalue weighted by Crippen LogP contribution is -2.04. The van der Waals surface area contributed by atoms with Gasteiger partial charge in [-0.15, -0.1) is 0 Å². The first kappa shape index (κ1) is 11.2. The maximum absolute atomic E-state index is 11.4. The molecule has 0 aliphatic heterocycles. The minimum absolute atomic E-state index is 0.273. The van der Waals surface area contributed by atoms with Crippen LogP contribution in [0.2, 0.25) is 0 Å². The fourth-order valence-electron chi connectivity index (χ4n) is 1.49. The number of rotatable bonds is 3. The smallest absolute Gasteiger partial charge is 0.358 e. The molecule has 2 rings (SSSR count). The maximum Gasteiger partial charge on any atom is 0.358 e. The molecule has 0 aliphatic carbocycles. The SMILES string of the molecule is CCOC(=O)c1cn(-c2ccccc2N)cn1. The van der Waals surface area contributed by atoms with Crippen LogP contribution in [0.25, 0.3) is 5.69 Å². The molecular formula is C12H13N3O2. The highest BCUT2D eigenvalue weighted by Gasteiger charge is 2.11. The molecule has 0 spiro atoms. The molecule has 0 unspecified atom stereocenters. The molecule has 1 aromatic heterocycles. The minimum Gasteiger partial charge on any atom is -0.461 e. The van der Waals surface area contributed by atoms with Gasteiger partial charge in [0.05, 0.1) is 18.0 Å². The van der Waals surface area contributed by atoms with Gasteiger partial charge in [-0.3, -0.25) is 0 Å². The van der Waals surface area contributed by atoms with E-state index in [0.29, 0.717) is 12.3 Å². The molecule has 88 valence electrons. The summed E-state index contributed by atoms with van der Waals surface area (Å²) in [6.45, 7) is 2.09. The average molecular weight is 231 g/mol. The van der Waals surface area contributed by atoms with Crippen LogP contribution in [0.15, 0.2) is 36.8 Å². The van der Waals surface area contributed by atoms with E-state index in [1.165, 1.54) is 6.33 Å². The Labute approximate surface area is 98.8 Å². The Bertz CT molecular complexity index is 534. The van der Waals surface area contributed by atoms with Gasteiger partial charge in [0.1, 0.15) is 6.33 Å². The van der Waals surface area contributed by atoms with Gasteiger partial charge in [0.25, 0.3) is 0 Å². The molecular weight excluding hydrogens is 218 g/mol. The fraction of sp³-hybridized carbons (Fsp3) is 0.167. The molecule has 5 heteroatoms. The van der Waals surface area contributed by atoms with Crippen molar-refractivity contribution >= 4 is 11.7 Å². The zero-order valence-electron chi connectivity index (χ0n) is 9.46. The Balaban J connectivity index is 2.30. The summed E-state index contributed by atoms with van der Waals surface area (Å²) in [7, 11) is 0. The van der Waals surface area contributed by atoms with E-state index in [4.69, 9.17) is 10.5 Å². The Hall–Kier alpha value is -2.30. The molecule has 5 nitrogen and oxygen atoms in total. The number of carbonyl (C=O) groups excluding carboxylic acids is 1. The van der Waals surface area contributed by atoms with Crippen molar-refractivity contribution in [2.75, 3.05) is 12.3 Å². The van der Waals surface area contributed by atoms with Crippen LogP contribution in [-0.2, 0) is 4.74 Å². The van der Waals surface area contributed by atoms with E-state index in [9.17, 15) is 4.79 Å². The number of ether oxygens (including phenoxy) is 1. The zero-order chi connectivity index (χ0) is 12.3. The average Bonchev–Trinajstić information content (AvgIpc) is 2.79. The lowest BCUT2D eigenvalue weighted by Gasteiger charge is -2.04. The summed E-state index contributed by atoms with van der Waals surface area (Å²) in [5.74, 6) is -0.430. The third kappa shape index (κ3) is 2.28. The summed E-state index contributed by atoms with van der Waals surface area (Å²) in [6, 6.07) is 7.36. The second-order valence-electron chi connectivity index (χ2n) is 3.45. The fourth-order valence-corrected chi connectivity index (χ4v) is 1.49. The van der Waals surface area contributed by atoms with Gasteiger partial charge in [-0.25, -0.2) is 9.78 Å². The summed E-state index contributed by atoms with van der Waals surface area (Å²) >= 11 is 0. The van der Waals surface area contributed by atoms with Gasteiger partial charge < -0.3 is 15.0 Å². The summed E-state index contributed by atoms with van der Waals surface area (Å²) in [4.78, 5) is 15.4. The third-order valence-corrected chi connectivity index (χ3v) is 2.28. The van der Waals surface area contributed by atoms with Crippen LogP contribution in [0, 0.1) is 0 Å². The molecule has 0 atom stereocenters. The highest BCUT2D eigenvalue weighted by molar-refractivity contribution is 5.87. The van der Waals surface area contributed by atoms with E-state index in [1.54, 1.807) is 23.8 Å². The molecule has 17 heavy (non-hydrogen) atoms. The van der Waals surface area contributed by atoms with Crippen molar-refractivity contribution in [3.63, 3.8) is 0 Å². The number of nitrogens with two attached hydrogens (primary N) is 1. The second kappa shape index (κ2) is 4.69. The van der Waals surface area contributed by atoms with E-state index in [2.05, 4.69) is 4.98 Å². The van der Waals surface area contributed by atoms with Gasteiger partial charge in [0.15, 0.2) is 5.69 Å². The topological polar surface area (TPSA) is 70.1 Å². The van der Waals surface area contributed by atoms with Crippen LogP contribution >= 0.6 is 0 Å². The number of anilines is 1. The van der Waals surface area contributed by atoms with Gasteiger partial charge in [-0.05, 0) is 19.1 Å². The van der Waals surface area contributed by atoms with Gasteiger partial charge in [0.2, 0.25) is 0 Å². The minimum atomic E-state index is -0.430. The number of hydrogen-bond acceptors (Lipinski definition) is 4. The number of aromatic nitrogens is 2. The highest BCUT2D eigenvalue weighted by Crippen LogP contribution is 2.16. The van der Waals surface area contributed by atoms with E-state index >= 15 is 0 Å². The number of nitrogens with zero attached hydrogens (tertiary/aromatic N) is 2. The van der Waals surface area contributed by atoms with Gasteiger partial charge in [-0.2, -0.15) is 0 Å². The highest BCUT2D eigenvalue weighted by atomic mass is 16.5. The van der Waals surface area contributed by atoms with Crippen molar-refractivity contribution in [2.45, 2.75) is 6.92 Å². The number of para-hydroxylation sites is 2. The van der Waals surface area contributed by atoms with E-state index in [-0.39, 0.29) is 5.69 Å². The van der Waals surface area contributed by atoms with Crippen LogP contribution in [0.4, 0.5) is 5.69 Å². The Kier molecular flexibility index (Phi) is 3.09. The lowest BCUT2D eigenvalue weighted by molar-refractivity contribution is 0.0520. The maximum atomic E-state index is 11.4. The predicted molar refractivity (Wildman–Crippen MR) is 63.9 cm³/mol. The van der Waals surface area contributed by atoms with E-state index < -0.39 is 5.97 Å². The van der Waals surface area contributed by atoms with Gasteiger partial charge in [0, 0.05) is 6.20 Å². The monoisotopic (exact) mass is 231 g/mol. The van der Waals surface area contributed by atoms with Crippen LogP contribution in [-0.4, -0.2) is 22.1 Å². The molecule has 0 amide bonds. The van der Waals surface area contributed by atoms with Gasteiger partial charge in [-0.1, -0.05) is 12.1 Å². The van der Waals surface area contributed by atoms with Crippen molar-refractivity contribution in [3.05, 3.63) is 42.5 Å². The number of nitrogen functional groups attached to an aromatic ring is 1. The normalized spacial score (nSPS) is 10.2. The number of esters is 1. The first-order chi connectivity index (χ1) is 8.22. The van der Waals surface area contributed by atoms with E-state index in [0.717, 1.165) is 5.69 Å². The number of benzene rings is 1. The number of imidazole rings is 1. The summed E-state index contributed by atoms with van der Waals surface area (Å²) < 4.78 is 6.56. The molecule has 1 heterocycles. The Morgan fingerprint density at radius 1 is 1.47 bits per heavy atom. The molecule has 0 aliphatic rings. The first-order valence-corrected chi connectivity index (χ1v) is 5.28. The summed E-state index contributed by atoms with van der Waals surface area (Å²) in [6.07, 6.45) is 3.14. The quantitative estimate of drug-likeness (QED) is 0.643. The van der Waals surface area contributed by atoms with Crippen LogP contribution in [0.5, 0.6) is 0 Å². The second-order valence-corrected chi connectivity index (χ2v) is 3.45. The van der Waals surface area contributed by atoms with Crippen molar-refractivity contribution in [2.24, 2.45) is 0 Å². The molecule has 0 saturated heterocycles. The largest absolute Gasteiger partial charge is 0.461 e. The molecule has 0 fully saturated rings. The zero-order valence-corrected chi connectivity index (χ0v) is 9.46. The van der Waals surface area contributed by atoms with Crippen LogP contribution in [0.1, 0.15) is 17.4 Å². The lowest BCUT2D eigenvalue weighted by atomic mass is 10.3. The van der Waals surface area contributed by atoms with Crippen molar-refractivity contribution in [1.82, 2.24) is 9.55 Å². The van der Waals surface area contributed by atoms with Crippen LogP contribution < -0.4 is 5.73 Å².